The molecule has 0 spiro atoms. The minimum atomic E-state index is -1.08. The number of carbonyl (C=O) groups excluding carboxylic acids is 1. The molecule has 2 rings (SSSR count). The zero-order chi connectivity index (χ0) is 12.6. The standard InChI is InChI=1S/C11H9BrN2O3/c1-5(15)13-10-9(11(16)17)7-3-2-6(12)4-8(7)14-10/h2-4,14H,1H3,(H,13,15)(H,16,17). The first-order valence-electron chi connectivity index (χ1n) is 4.81. The predicted octanol–water partition coefficient (Wildman–Crippen LogP) is 2.59. The highest BCUT2D eigenvalue weighted by atomic mass is 79.9. The van der Waals surface area contributed by atoms with Gasteiger partial charge in [-0.2, -0.15) is 0 Å². The van der Waals surface area contributed by atoms with Crippen LogP contribution in [0, 0.1) is 0 Å². The first-order valence-corrected chi connectivity index (χ1v) is 5.60. The van der Waals surface area contributed by atoms with Crippen LogP contribution in [0.15, 0.2) is 22.7 Å². The number of H-pyrrole nitrogens is 1. The van der Waals surface area contributed by atoms with Gasteiger partial charge in [0.15, 0.2) is 0 Å². The number of anilines is 1. The van der Waals surface area contributed by atoms with Crippen LogP contribution in [0.2, 0.25) is 0 Å². The molecule has 6 heteroatoms. The maximum atomic E-state index is 11.2. The molecule has 88 valence electrons. The van der Waals surface area contributed by atoms with Crippen molar-refractivity contribution in [1.29, 1.82) is 0 Å². The van der Waals surface area contributed by atoms with Gasteiger partial charge >= 0.3 is 5.97 Å². The summed E-state index contributed by atoms with van der Waals surface area (Å²) in [5.74, 6) is -1.20. The molecule has 2 aromatic rings. The molecular formula is C11H9BrN2O3. The third-order valence-electron chi connectivity index (χ3n) is 2.28. The van der Waals surface area contributed by atoms with Crippen molar-refractivity contribution in [1.82, 2.24) is 4.98 Å². The summed E-state index contributed by atoms with van der Waals surface area (Å²) in [7, 11) is 0. The van der Waals surface area contributed by atoms with E-state index in [1.165, 1.54) is 6.92 Å². The fourth-order valence-corrected chi connectivity index (χ4v) is 2.02. The number of aromatic carboxylic acids is 1. The van der Waals surface area contributed by atoms with Crippen molar-refractivity contribution in [3.63, 3.8) is 0 Å². The number of carboxylic acids is 1. The summed E-state index contributed by atoms with van der Waals surface area (Å²) in [6, 6.07) is 5.19. The molecule has 0 bridgehead atoms. The van der Waals surface area contributed by atoms with Gasteiger partial charge in [-0.25, -0.2) is 4.79 Å². The van der Waals surface area contributed by atoms with Crippen molar-refractivity contribution in [2.24, 2.45) is 0 Å². The Morgan fingerprint density at radius 2 is 2.12 bits per heavy atom. The van der Waals surface area contributed by atoms with Crippen LogP contribution in [0.5, 0.6) is 0 Å². The minimum absolute atomic E-state index is 0.0719. The van der Waals surface area contributed by atoms with Crippen LogP contribution in [0.3, 0.4) is 0 Å². The van der Waals surface area contributed by atoms with Crippen LogP contribution < -0.4 is 5.32 Å². The third-order valence-corrected chi connectivity index (χ3v) is 2.77. The number of carbonyl (C=O) groups is 2. The topological polar surface area (TPSA) is 82.2 Å². The number of aromatic amines is 1. The average molecular weight is 297 g/mol. The molecular weight excluding hydrogens is 288 g/mol. The number of hydrogen-bond donors (Lipinski definition) is 3. The van der Waals surface area contributed by atoms with E-state index < -0.39 is 5.97 Å². The van der Waals surface area contributed by atoms with Gasteiger partial charge in [0.25, 0.3) is 0 Å². The van der Waals surface area contributed by atoms with Crippen LogP contribution in [0.25, 0.3) is 10.9 Å². The Hall–Kier alpha value is -1.82. The van der Waals surface area contributed by atoms with Gasteiger partial charge < -0.3 is 15.4 Å². The largest absolute Gasteiger partial charge is 0.478 e. The van der Waals surface area contributed by atoms with E-state index in [1.54, 1.807) is 18.2 Å². The van der Waals surface area contributed by atoms with Crippen LogP contribution in [0.4, 0.5) is 5.82 Å². The second kappa shape index (κ2) is 4.21. The fraction of sp³-hybridized carbons (Fsp3) is 0.0909. The van der Waals surface area contributed by atoms with E-state index >= 15 is 0 Å². The molecule has 5 nitrogen and oxygen atoms in total. The average Bonchev–Trinajstić information content (AvgIpc) is 2.53. The molecule has 3 N–H and O–H groups in total. The Balaban J connectivity index is 2.70. The number of hydrogen-bond acceptors (Lipinski definition) is 2. The lowest BCUT2D eigenvalue weighted by atomic mass is 10.1. The first kappa shape index (κ1) is 11.7. The maximum absolute atomic E-state index is 11.2. The molecule has 1 heterocycles. The summed E-state index contributed by atoms with van der Waals surface area (Å²) in [5.41, 5.74) is 0.725. The summed E-state index contributed by atoms with van der Waals surface area (Å²) in [6.07, 6.45) is 0. The smallest absolute Gasteiger partial charge is 0.340 e. The van der Waals surface area contributed by atoms with Crippen molar-refractivity contribution in [3.8, 4) is 0 Å². The van der Waals surface area contributed by atoms with Gasteiger partial charge in [0, 0.05) is 22.3 Å². The van der Waals surface area contributed by atoms with E-state index in [1.807, 2.05) is 0 Å². The number of carboxylic acid groups (broad SMARTS) is 1. The number of fused-ring (bicyclic) bond motifs is 1. The number of amides is 1. The zero-order valence-electron chi connectivity index (χ0n) is 8.87. The number of halogens is 1. The SMILES string of the molecule is CC(=O)Nc1[nH]c2cc(Br)ccc2c1C(=O)O. The molecule has 0 fully saturated rings. The van der Waals surface area contributed by atoms with Gasteiger partial charge in [0.2, 0.25) is 5.91 Å². The lowest BCUT2D eigenvalue weighted by molar-refractivity contribution is -0.114. The van der Waals surface area contributed by atoms with Crippen LogP contribution >= 0.6 is 15.9 Å². The molecule has 17 heavy (non-hydrogen) atoms. The van der Waals surface area contributed by atoms with Gasteiger partial charge in [-0.15, -0.1) is 0 Å². The van der Waals surface area contributed by atoms with Crippen molar-refractivity contribution in [2.75, 3.05) is 5.32 Å². The van der Waals surface area contributed by atoms with Crippen LogP contribution in [0.1, 0.15) is 17.3 Å². The second-order valence-electron chi connectivity index (χ2n) is 3.55. The minimum Gasteiger partial charge on any atom is -0.478 e. The first-order chi connectivity index (χ1) is 7.99. The van der Waals surface area contributed by atoms with E-state index in [-0.39, 0.29) is 17.3 Å². The Morgan fingerprint density at radius 1 is 1.41 bits per heavy atom. The molecule has 0 aliphatic carbocycles. The number of rotatable bonds is 2. The second-order valence-corrected chi connectivity index (χ2v) is 4.47. The normalized spacial score (nSPS) is 10.5. The van der Waals surface area contributed by atoms with Crippen LogP contribution in [-0.2, 0) is 4.79 Å². The summed E-state index contributed by atoms with van der Waals surface area (Å²) in [4.78, 5) is 25.1. The summed E-state index contributed by atoms with van der Waals surface area (Å²) < 4.78 is 0.831. The van der Waals surface area contributed by atoms with E-state index in [9.17, 15) is 9.59 Å². The van der Waals surface area contributed by atoms with Gasteiger partial charge in [-0.3, -0.25) is 4.79 Å². The molecule has 0 radical (unpaired) electrons. The highest BCUT2D eigenvalue weighted by molar-refractivity contribution is 9.10. The summed E-state index contributed by atoms with van der Waals surface area (Å²) >= 11 is 3.30. The van der Waals surface area contributed by atoms with E-state index in [0.717, 1.165) is 4.47 Å². The lowest BCUT2D eigenvalue weighted by Gasteiger charge is -1.99. The molecule has 0 saturated heterocycles. The van der Waals surface area contributed by atoms with E-state index in [0.29, 0.717) is 10.9 Å². The number of benzene rings is 1. The Labute approximate surface area is 105 Å². The Bertz CT molecular complexity index is 618. The van der Waals surface area contributed by atoms with Crippen molar-refractivity contribution in [3.05, 3.63) is 28.2 Å². The Kier molecular flexibility index (Phi) is 2.89. The molecule has 0 aliphatic rings. The molecule has 0 unspecified atom stereocenters. The highest BCUT2D eigenvalue weighted by Crippen LogP contribution is 2.28. The van der Waals surface area contributed by atoms with Crippen molar-refractivity contribution >= 4 is 44.5 Å². The maximum Gasteiger partial charge on any atom is 0.340 e. The predicted molar refractivity (Wildman–Crippen MR) is 67.3 cm³/mol. The molecule has 1 amide bonds. The van der Waals surface area contributed by atoms with Crippen molar-refractivity contribution in [2.45, 2.75) is 6.92 Å². The monoisotopic (exact) mass is 296 g/mol. The molecule has 1 aromatic carbocycles. The Morgan fingerprint density at radius 3 is 2.71 bits per heavy atom. The van der Waals surface area contributed by atoms with Gasteiger partial charge in [0.05, 0.1) is 0 Å². The van der Waals surface area contributed by atoms with Crippen LogP contribution in [-0.4, -0.2) is 22.0 Å². The van der Waals surface area contributed by atoms with Gasteiger partial charge in [-0.05, 0) is 12.1 Å². The summed E-state index contributed by atoms with van der Waals surface area (Å²) in [6.45, 7) is 1.33. The molecule has 0 saturated carbocycles. The van der Waals surface area contributed by atoms with Gasteiger partial charge in [-0.1, -0.05) is 22.0 Å². The summed E-state index contributed by atoms with van der Waals surface area (Å²) in [5, 5.41) is 12.2. The van der Waals surface area contributed by atoms with E-state index in [2.05, 4.69) is 26.2 Å². The fourth-order valence-electron chi connectivity index (χ4n) is 1.66. The van der Waals surface area contributed by atoms with E-state index in [4.69, 9.17) is 5.11 Å². The lowest BCUT2D eigenvalue weighted by Crippen LogP contribution is -2.10. The molecule has 0 aliphatic heterocycles. The highest BCUT2D eigenvalue weighted by Gasteiger charge is 2.18. The van der Waals surface area contributed by atoms with Gasteiger partial charge in [0.1, 0.15) is 11.4 Å². The zero-order valence-corrected chi connectivity index (χ0v) is 10.5. The third kappa shape index (κ3) is 2.16. The molecule has 1 aromatic heterocycles. The number of aromatic nitrogens is 1. The van der Waals surface area contributed by atoms with Crippen molar-refractivity contribution < 1.29 is 14.7 Å². The number of nitrogens with one attached hydrogen (secondary N) is 2. The quantitative estimate of drug-likeness (QED) is 0.796. The molecule has 0 atom stereocenters.